The predicted molar refractivity (Wildman–Crippen MR) is 83.6 cm³/mol. The lowest BCUT2D eigenvalue weighted by molar-refractivity contribution is -0.118. The van der Waals surface area contributed by atoms with Crippen molar-refractivity contribution in [2.45, 2.75) is 25.3 Å². The second-order valence-electron chi connectivity index (χ2n) is 6.47. The molecule has 0 radical (unpaired) electrons. The first-order chi connectivity index (χ1) is 11.2. The smallest absolute Gasteiger partial charge is 0.262 e. The third kappa shape index (κ3) is 3.03. The van der Waals surface area contributed by atoms with Gasteiger partial charge >= 0.3 is 0 Å². The number of hydrogen-bond acceptors (Lipinski definition) is 4. The zero-order valence-electron chi connectivity index (χ0n) is 12.9. The molecular formula is C17H20N2O4. The van der Waals surface area contributed by atoms with Gasteiger partial charge in [-0.2, -0.15) is 0 Å². The van der Waals surface area contributed by atoms with Crippen molar-refractivity contribution in [1.29, 1.82) is 0 Å². The zero-order chi connectivity index (χ0) is 15.8. The molecule has 2 fully saturated rings. The highest BCUT2D eigenvalue weighted by Gasteiger charge is 2.35. The molecule has 1 saturated carbocycles. The summed E-state index contributed by atoms with van der Waals surface area (Å²) < 4.78 is 10.8. The highest BCUT2D eigenvalue weighted by molar-refractivity contribution is 5.99. The fraction of sp³-hybridized carbons (Fsp3) is 0.529. The van der Waals surface area contributed by atoms with E-state index in [0.29, 0.717) is 29.0 Å². The van der Waals surface area contributed by atoms with E-state index in [1.54, 1.807) is 18.2 Å². The van der Waals surface area contributed by atoms with E-state index in [0.717, 1.165) is 39.0 Å². The summed E-state index contributed by atoms with van der Waals surface area (Å²) in [5, 5.41) is 2.74. The van der Waals surface area contributed by atoms with Crippen LogP contribution in [0.5, 0.6) is 5.75 Å². The molecule has 1 aromatic rings. The van der Waals surface area contributed by atoms with Gasteiger partial charge in [-0.05, 0) is 37.5 Å². The van der Waals surface area contributed by atoms with E-state index in [1.807, 2.05) is 4.90 Å². The molecule has 23 heavy (non-hydrogen) atoms. The van der Waals surface area contributed by atoms with E-state index in [-0.39, 0.29) is 18.4 Å². The quantitative estimate of drug-likeness (QED) is 0.917. The molecule has 0 aromatic heterocycles. The summed E-state index contributed by atoms with van der Waals surface area (Å²) >= 11 is 0. The third-order valence-electron chi connectivity index (χ3n) is 4.59. The molecule has 6 heteroatoms. The van der Waals surface area contributed by atoms with Crippen LogP contribution in [-0.2, 0) is 9.53 Å². The number of anilines is 1. The van der Waals surface area contributed by atoms with Gasteiger partial charge in [-0.3, -0.25) is 9.59 Å². The minimum atomic E-state index is -0.169. The fourth-order valence-corrected chi connectivity index (χ4v) is 3.16. The highest BCUT2D eigenvalue weighted by Crippen LogP contribution is 2.33. The highest BCUT2D eigenvalue weighted by atomic mass is 16.5. The SMILES string of the molecule is O=C1COc2cc(C(=O)N(C[C@@H]3CCOC3)C3CC3)ccc2N1. The number of carbonyl (C=O) groups is 2. The maximum absolute atomic E-state index is 12.9. The van der Waals surface area contributed by atoms with Crippen LogP contribution < -0.4 is 10.1 Å². The zero-order valence-corrected chi connectivity index (χ0v) is 12.9. The van der Waals surface area contributed by atoms with Crippen LogP contribution in [0.25, 0.3) is 0 Å². The van der Waals surface area contributed by atoms with Crippen molar-refractivity contribution < 1.29 is 19.1 Å². The molecule has 0 bridgehead atoms. The van der Waals surface area contributed by atoms with E-state index in [9.17, 15) is 9.59 Å². The minimum absolute atomic E-state index is 0.00358. The number of amides is 2. The Kier molecular flexibility index (Phi) is 3.69. The minimum Gasteiger partial charge on any atom is -0.482 e. The number of ether oxygens (including phenoxy) is 2. The molecule has 2 amide bonds. The van der Waals surface area contributed by atoms with Crippen LogP contribution in [0, 0.1) is 5.92 Å². The summed E-state index contributed by atoms with van der Waals surface area (Å²) in [6, 6.07) is 5.59. The first-order valence-electron chi connectivity index (χ1n) is 8.16. The van der Waals surface area contributed by atoms with E-state index in [4.69, 9.17) is 9.47 Å². The van der Waals surface area contributed by atoms with Crippen molar-refractivity contribution in [3.05, 3.63) is 23.8 Å². The topological polar surface area (TPSA) is 67.9 Å². The molecular weight excluding hydrogens is 296 g/mol. The molecule has 6 nitrogen and oxygen atoms in total. The summed E-state index contributed by atoms with van der Waals surface area (Å²) in [6.45, 7) is 2.30. The lowest BCUT2D eigenvalue weighted by atomic mass is 10.1. The van der Waals surface area contributed by atoms with Crippen molar-refractivity contribution in [2.75, 3.05) is 31.7 Å². The summed E-state index contributed by atoms with van der Waals surface area (Å²) in [5.74, 6) is 0.878. The molecule has 4 rings (SSSR count). The number of rotatable bonds is 4. The largest absolute Gasteiger partial charge is 0.482 e. The maximum Gasteiger partial charge on any atom is 0.262 e. The Morgan fingerprint density at radius 1 is 1.30 bits per heavy atom. The van der Waals surface area contributed by atoms with Crippen LogP contribution in [0.4, 0.5) is 5.69 Å². The molecule has 1 saturated heterocycles. The number of nitrogens with one attached hydrogen (secondary N) is 1. The van der Waals surface area contributed by atoms with Crippen molar-refractivity contribution in [3.8, 4) is 5.75 Å². The van der Waals surface area contributed by atoms with Gasteiger partial charge in [-0.1, -0.05) is 0 Å². The molecule has 2 heterocycles. The fourth-order valence-electron chi connectivity index (χ4n) is 3.16. The lowest BCUT2D eigenvalue weighted by Gasteiger charge is -2.26. The van der Waals surface area contributed by atoms with E-state index in [2.05, 4.69) is 5.32 Å². The number of nitrogens with zero attached hydrogens (tertiary/aromatic N) is 1. The second-order valence-corrected chi connectivity index (χ2v) is 6.47. The lowest BCUT2D eigenvalue weighted by Crippen LogP contribution is -2.37. The second kappa shape index (κ2) is 5.85. The molecule has 1 N–H and O–H groups in total. The first kappa shape index (κ1) is 14.5. The molecule has 0 unspecified atom stereocenters. The van der Waals surface area contributed by atoms with Gasteiger partial charge in [0.2, 0.25) is 0 Å². The molecule has 1 aromatic carbocycles. The van der Waals surface area contributed by atoms with Crippen LogP contribution in [0.15, 0.2) is 18.2 Å². The Morgan fingerprint density at radius 2 is 2.17 bits per heavy atom. The van der Waals surface area contributed by atoms with Gasteiger partial charge in [0.25, 0.3) is 11.8 Å². The van der Waals surface area contributed by atoms with E-state index in [1.165, 1.54) is 0 Å². The molecule has 122 valence electrons. The monoisotopic (exact) mass is 316 g/mol. The van der Waals surface area contributed by atoms with Crippen LogP contribution in [0.2, 0.25) is 0 Å². The number of fused-ring (bicyclic) bond motifs is 1. The van der Waals surface area contributed by atoms with Crippen molar-refractivity contribution >= 4 is 17.5 Å². The van der Waals surface area contributed by atoms with E-state index < -0.39 is 0 Å². The van der Waals surface area contributed by atoms with Gasteiger partial charge < -0.3 is 19.7 Å². The molecule has 1 aliphatic carbocycles. The van der Waals surface area contributed by atoms with Crippen LogP contribution in [0.1, 0.15) is 29.6 Å². The van der Waals surface area contributed by atoms with Gasteiger partial charge in [0.1, 0.15) is 5.75 Å². The van der Waals surface area contributed by atoms with Gasteiger partial charge in [0.15, 0.2) is 6.61 Å². The Labute approximate surface area is 134 Å². The average molecular weight is 316 g/mol. The Hall–Kier alpha value is -2.08. The third-order valence-corrected chi connectivity index (χ3v) is 4.59. The summed E-state index contributed by atoms with van der Waals surface area (Å²) in [5.41, 5.74) is 1.24. The standard InChI is InChI=1S/C17H20N2O4/c20-16-10-23-15-7-12(1-4-14(15)18-16)17(21)19(13-2-3-13)8-11-5-6-22-9-11/h1,4,7,11,13H,2-3,5-6,8-10H2,(H,18,20)/t11-/m0/s1. The summed E-state index contributed by atoms with van der Waals surface area (Å²) in [7, 11) is 0. The predicted octanol–water partition coefficient (Wildman–Crippen LogP) is 1.66. The Balaban J connectivity index is 1.53. The van der Waals surface area contributed by atoms with Gasteiger partial charge in [-0.15, -0.1) is 0 Å². The molecule has 3 aliphatic rings. The molecule has 2 aliphatic heterocycles. The molecule has 1 atom stereocenters. The van der Waals surface area contributed by atoms with E-state index >= 15 is 0 Å². The van der Waals surface area contributed by atoms with Crippen LogP contribution >= 0.6 is 0 Å². The van der Waals surface area contributed by atoms with Crippen molar-refractivity contribution in [1.82, 2.24) is 4.90 Å². The van der Waals surface area contributed by atoms with Gasteiger partial charge in [0.05, 0.1) is 12.3 Å². The van der Waals surface area contributed by atoms with Crippen molar-refractivity contribution in [2.24, 2.45) is 5.92 Å². The number of carbonyl (C=O) groups excluding carboxylic acids is 2. The normalized spacial score (nSPS) is 23.0. The summed E-state index contributed by atoms with van der Waals surface area (Å²) in [4.78, 5) is 26.2. The first-order valence-corrected chi connectivity index (χ1v) is 8.16. The van der Waals surface area contributed by atoms with Gasteiger partial charge in [0, 0.05) is 30.7 Å². The van der Waals surface area contributed by atoms with Crippen LogP contribution in [0.3, 0.4) is 0 Å². The van der Waals surface area contributed by atoms with Crippen molar-refractivity contribution in [3.63, 3.8) is 0 Å². The number of benzene rings is 1. The Bertz CT molecular complexity index is 635. The average Bonchev–Trinajstić information content (AvgIpc) is 3.27. The summed E-state index contributed by atoms with van der Waals surface area (Å²) in [6.07, 6.45) is 3.18. The van der Waals surface area contributed by atoms with Crippen LogP contribution in [-0.4, -0.2) is 49.1 Å². The van der Waals surface area contributed by atoms with Gasteiger partial charge in [-0.25, -0.2) is 0 Å². The molecule has 0 spiro atoms. The number of hydrogen-bond donors (Lipinski definition) is 1. The maximum atomic E-state index is 12.9. The Morgan fingerprint density at radius 3 is 2.91 bits per heavy atom.